The fraction of sp³-hybridized carbons (Fsp3) is 0.300. The van der Waals surface area contributed by atoms with E-state index in [0.717, 1.165) is 35.3 Å². The normalized spacial score (nSPS) is 13.6. The van der Waals surface area contributed by atoms with Gasteiger partial charge in [0.15, 0.2) is 23.2 Å². The first-order valence-corrected chi connectivity index (χ1v) is 13.6. The first-order chi connectivity index (χ1) is 20.2. The maximum atomic E-state index is 15.5. The average Bonchev–Trinajstić information content (AvgIpc) is 3.60. The van der Waals surface area contributed by atoms with Gasteiger partial charge in [-0.15, -0.1) is 0 Å². The lowest BCUT2D eigenvalue weighted by molar-refractivity contribution is -0.138. The predicted octanol–water partition coefficient (Wildman–Crippen LogP) is 6.80. The number of nitrogens with one attached hydrogen (secondary N) is 1. The summed E-state index contributed by atoms with van der Waals surface area (Å²) in [5.74, 6) is -1.84. The van der Waals surface area contributed by atoms with Crippen molar-refractivity contribution in [3.8, 4) is 22.7 Å². The van der Waals surface area contributed by atoms with E-state index in [0.29, 0.717) is 46.4 Å². The van der Waals surface area contributed by atoms with Crippen molar-refractivity contribution < 1.29 is 26.7 Å². The number of H-pyrrole nitrogens is 1. The van der Waals surface area contributed by atoms with Crippen LogP contribution in [-0.4, -0.2) is 38.6 Å². The molecule has 1 N–H and O–H groups in total. The van der Waals surface area contributed by atoms with Crippen molar-refractivity contribution >= 4 is 16.7 Å². The van der Waals surface area contributed by atoms with Crippen LogP contribution in [-0.2, 0) is 32.0 Å². The Labute approximate surface area is 237 Å². The molecule has 0 radical (unpaired) electrons. The number of benzene rings is 2. The summed E-state index contributed by atoms with van der Waals surface area (Å²) in [6.45, 7) is 4.47. The fourth-order valence-corrected chi connectivity index (χ4v) is 5.75. The van der Waals surface area contributed by atoms with E-state index in [1.807, 2.05) is 36.7 Å². The Balaban J connectivity index is 1.59. The molecule has 42 heavy (non-hydrogen) atoms. The number of rotatable bonds is 6. The van der Waals surface area contributed by atoms with E-state index in [-0.39, 0.29) is 24.7 Å². The summed E-state index contributed by atoms with van der Waals surface area (Å²) in [6.07, 6.45) is -0.679. The molecular weight excluding hydrogens is 555 g/mol. The molecule has 1 aliphatic rings. The molecule has 7 nitrogen and oxygen atoms in total. The zero-order valence-electron chi connectivity index (χ0n) is 23.1. The third-order valence-corrected chi connectivity index (χ3v) is 7.76. The topological polar surface area (TPSA) is 71.9 Å². The quantitative estimate of drug-likeness (QED) is 0.223. The number of aromatic nitrogens is 5. The molecule has 2 aromatic carbocycles. The number of alkyl halides is 3. The van der Waals surface area contributed by atoms with Gasteiger partial charge in [-0.1, -0.05) is 32.0 Å². The van der Waals surface area contributed by atoms with Gasteiger partial charge >= 0.3 is 6.18 Å². The Hall–Kier alpha value is -4.48. The van der Waals surface area contributed by atoms with Crippen LogP contribution >= 0.6 is 0 Å². The third kappa shape index (κ3) is 4.45. The molecule has 0 spiro atoms. The third-order valence-electron chi connectivity index (χ3n) is 7.76. The second-order valence-corrected chi connectivity index (χ2v) is 10.1. The highest BCUT2D eigenvalue weighted by molar-refractivity contribution is 5.98. The molecule has 218 valence electrons. The number of aromatic amines is 1. The Morgan fingerprint density at radius 3 is 2.40 bits per heavy atom. The summed E-state index contributed by atoms with van der Waals surface area (Å²) >= 11 is 0. The second-order valence-electron chi connectivity index (χ2n) is 10.1. The molecule has 12 heteroatoms. The summed E-state index contributed by atoms with van der Waals surface area (Å²) in [7, 11) is 1.37. The molecule has 0 aliphatic carbocycles. The van der Waals surface area contributed by atoms with Crippen molar-refractivity contribution in [1.82, 2.24) is 25.0 Å². The van der Waals surface area contributed by atoms with Crippen LogP contribution in [0.5, 0.6) is 5.75 Å². The lowest BCUT2D eigenvalue weighted by atomic mass is 9.97. The SMILES string of the molecule is CCc1cccc(CC)c1-n1nc2c(c1-c1cc(F)c(OC)c3[nH]ncc13)CN(c1ncc(C(F)(F)F)cc1F)CC2. The molecule has 3 aromatic heterocycles. The minimum absolute atomic E-state index is 0.0204. The van der Waals surface area contributed by atoms with Crippen LogP contribution in [0.25, 0.3) is 27.8 Å². The van der Waals surface area contributed by atoms with E-state index in [1.54, 1.807) is 11.1 Å². The molecule has 0 fully saturated rings. The van der Waals surface area contributed by atoms with E-state index < -0.39 is 23.4 Å². The van der Waals surface area contributed by atoms with Crippen LogP contribution in [0.2, 0.25) is 0 Å². The van der Waals surface area contributed by atoms with E-state index in [9.17, 15) is 13.2 Å². The van der Waals surface area contributed by atoms with Crippen molar-refractivity contribution in [2.24, 2.45) is 0 Å². The average molecular weight is 583 g/mol. The van der Waals surface area contributed by atoms with Gasteiger partial charge in [0.25, 0.3) is 0 Å². The number of methoxy groups -OCH3 is 1. The molecule has 0 bridgehead atoms. The van der Waals surface area contributed by atoms with Crippen LogP contribution in [0.15, 0.2) is 42.7 Å². The Morgan fingerprint density at radius 1 is 1.02 bits per heavy atom. The maximum absolute atomic E-state index is 15.5. The van der Waals surface area contributed by atoms with Crippen LogP contribution in [0, 0.1) is 11.6 Å². The number of fused-ring (bicyclic) bond motifs is 2. The number of nitrogens with zero attached hydrogens (tertiary/aromatic N) is 5. The fourth-order valence-electron chi connectivity index (χ4n) is 5.75. The van der Waals surface area contributed by atoms with Gasteiger partial charge in [0.2, 0.25) is 0 Å². The zero-order valence-corrected chi connectivity index (χ0v) is 23.1. The summed E-state index contributed by atoms with van der Waals surface area (Å²) in [5.41, 5.74) is 4.69. The standard InChI is InChI=1S/C30H27F5N6O/c1-4-16-7-6-8-17(5-2)26(16)41-27(19-12-22(31)28(42-3)25-20(19)14-37-38-25)21-15-40(10-9-24(21)39-41)29-23(32)11-18(13-36-29)30(33,34)35/h6-8,11-14H,4-5,9-10,15H2,1-3H3,(H,37,38). The van der Waals surface area contributed by atoms with Gasteiger partial charge in [0.05, 0.1) is 35.9 Å². The van der Waals surface area contributed by atoms with E-state index in [2.05, 4.69) is 15.2 Å². The summed E-state index contributed by atoms with van der Waals surface area (Å²) < 4.78 is 77.2. The van der Waals surface area contributed by atoms with Crippen LogP contribution < -0.4 is 9.64 Å². The van der Waals surface area contributed by atoms with E-state index in [4.69, 9.17) is 9.84 Å². The number of aryl methyl sites for hydroxylation is 2. The molecule has 1 aliphatic heterocycles. The van der Waals surface area contributed by atoms with Gasteiger partial charge in [0.1, 0.15) is 5.52 Å². The van der Waals surface area contributed by atoms with Crippen molar-refractivity contribution in [2.45, 2.75) is 45.8 Å². The second kappa shape index (κ2) is 10.4. The zero-order chi connectivity index (χ0) is 29.8. The van der Waals surface area contributed by atoms with E-state index in [1.165, 1.54) is 13.2 Å². The first kappa shape index (κ1) is 27.7. The first-order valence-electron chi connectivity index (χ1n) is 13.6. The lowest BCUT2D eigenvalue weighted by Crippen LogP contribution is -2.32. The molecule has 0 amide bonds. The number of para-hydroxylation sites is 1. The van der Waals surface area contributed by atoms with E-state index >= 15 is 8.78 Å². The van der Waals surface area contributed by atoms with Crippen LogP contribution in [0.4, 0.5) is 27.8 Å². The number of ether oxygens (including phenoxy) is 1. The van der Waals surface area contributed by atoms with Gasteiger partial charge in [-0.25, -0.2) is 18.4 Å². The van der Waals surface area contributed by atoms with Gasteiger partial charge in [-0.05, 0) is 36.1 Å². The molecule has 0 atom stereocenters. The Bertz CT molecular complexity index is 1790. The summed E-state index contributed by atoms with van der Waals surface area (Å²) in [6, 6.07) is 7.87. The highest BCUT2D eigenvalue weighted by Gasteiger charge is 2.34. The molecule has 5 aromatic rings. The minimum atomic E-state index is -4.71. The maximum Gasteiger partial charge on any atom is 0.417 e. The summed E-state index contributed by atoms with van der Waals surface area (Å²) in [4.78, 5) is 5.44. The Morgan fingerprint density at radius 2 is 1.76 bits per heavy atom. The molecule has 0 saturated heterocycles. The number of pyridine rings is 1. The number of anilines is 1. The van der Waals surface area contributed by atoms with Crippen LogP contribution in [0.1, 0.15) is 41.8 Å². The number of hydrogen-bond acceptors (Lipinski definition) is 5. The lowest BCUT2D eigenvalue weighted by Gasteiger charge is -2.28. The van der Waals surface area contributed by atoms with Gasteiger partial charge in [0, 0.05) is 42.2 Å². The largest absolute Gasteiger partial charge is 0.492 e. The van der Waals surface area contributed by atoms with Crippen molar-refractivity contribution in [3.05, 3.63) is 82.3 Å². The molecule has 6 rings (SSSR count). The van der Waals surface area contributed by atoms with Crippen LogP contribution in [0.3, 0.4) is 0 Å². The predicted molar refractivity (Wildman–Crippen MR) is 148 cm³/mol. The smallest absolute Gasteiger partial charge is 0.417 e. The summed E-state index contributed by atoms with van der Waals surface area (Å²) in [5, 5.41) is 12.6. The monoisotopic (exact) mass is 582 g/mol. The van der Waals surface area contributed by atoms with Gasteiger partial charge in [-0.2, -0.15) is 23.4 Å². The Kier molecular flexibility index (Phi) is 6.86. The van der Waals surface area contributed by atoms with Crippen molar-refractivity contribution in [2.75, 3.05) is 18.6 Å². The van der Waals surface area contributed by atoms with Crippen molar-refractivity contribution in [3.63, 3.8) is 0 Å². The molecule has 0 saturated carbocycles. The van der Waals surface area contributed by atoms with Gasteiger partial charge < -0.3 is 9.64 Å². The van der Waals surface area contributed by atoms with Crippen molar-refractivity contribution in [1.29, 1.82) is 0 Å². The number of hydrogen-bond donors (Lipinski definition) is 1. The highest BCUT2D eigenvalue weighted by atomic mass is 19.4. The van der Waals surface area contributed by atoms with Gasteiger partial charge in [-0.3, -0.25) is 5.10 Å². The molecular formula is C30H27F5N6O. The molecule has 4 heterocycles. The minimum Gasteiger partial charge on any atom is -0.492 e. The highest BCUT2D eigenvalue weighted by Crippen LogP contribution is 2.42. The molecule has 0 unspecified atom stereocenters. The number of halogens is 5.